The van der Waals surface area contributed by atoms with Crippen LogP contribution in [0.5, 0.6) is 0 Å². The summed E-state index contributed by atoms with van der Waals surface area (Å²) in [5.41, 5.74) is 3.07. The summed E-state index contributed by atoms with van der Waals surface area (Å²) in [6, 6.07) is 16.2. The predicted octanol–water partition coefficient (Wildman–Crippen LogP) is 3.49. The number of morpholine rings is 1. The molecular formula is C22H25N3O2. The highest BCUT2D eigenvalue weighted by molar-refractivity contribution is 5.78. The Hall–Kier alpha value is -2.66. The van der Waals surface area contributed by atoms with Crippen molar-refractivity contribution in [1.29, 1.82) is 0 Å². The quantitative estimate of drug-likeness (QED) is 0.713. The van der Waals surface area contributed by atoms with Gasteiger partial charge in [-0.05, 0) is 31.5 Å². The normalized spacial score (nSPS) is 21.3. The molecule has 1 aliphatic heterocycles. The fourth-order valence-electron chi connectivity index (χ4n) is 3.97. The number of amides is 1. The van der Waals surface area contributed by atoms with E-state index in [0.717, 1.165) is 16.9 Å². The summed E-state index contributed by atoms with van der Waals surface area (Å²) < 4.78 is 7.86. The Kier molecular flexibility index (Phi) is 4.94. The molecule has 1 saturated heterocycles. The average Bonchev–Trinajstić information content (AvgIpc) is 3.10. The summed E-state index contributed by atoms with van der Waals surface area (Å²) in [5, 5.41) is 0. The van der Waals surface area contributed by atoms with Crippen LogP contribution in [0, 0.1) is 0 Å². The minimum Gasteiger partial charge on any atom is -0.372 e. The summed E-state index contributed by atoms with van der Waals surface area (Å²) >= 11 is 0. The second kappa shape index (κ2) is 7.53. The molecular weight excluding hydrogens is 338 g/mol. The van der Waals surface area contributed by atoms with Gasteiger partial charge in [0.25, 0.3) is 0 Å². The van der Waals surface area contributed by atoms with Gasteiger partial charge in [-0.2, -0.15) is 0 Å². The predicted molar refractivity (Wildman–Crippen MR) is 105 cm³/mol. The van der Waals surface area contributed by atoms with Crippen LogP contribution in [0.3, 0.4) is 0 Å². The molecule has 4 rings (SSSR count). The molecule has 1 aromatic carbocycles. The first-order valence-corrected chi connectivity index (χ1v) is 9.52. The first kappa shape index (κ1) is 17.7. The summed E-state index contributed by atoms with van der Waals surface area (Å²) in [4.78, 5) is 19.6. The molecule has 5 heteroatoms. The molecule has 0 N–H and O–H groups in total. The van der Waals surface area contributed by atoms with Crippen LogP contribution in [0.25, 0.3) is 5.65 Å². The van der Waals surface area contributed by atoms with Crippen LogP contribution in [0.1, 0.15) is 37.4 Å². The highest BCUT2D eigenvalue weighted by Crippen LogP contribution is 2.30. The fraction of sp³-hybridized carbons (Fsp3) is 0.364. The van der Waals surface area contributed by atoms with Crippen molar-refractivity contribution in [3.8, 4) is 0 Å². The molecule has 140 valence electrons. The lowest BCUT2D eigenvalue weighted by atomic mass is 9.92. The van der Waals surface area contributed by atoms with Gasteiger partial charge >= 0.3 is 0 Å². The Morgan fingerprint density at radius 1 is 1.11 bits per heavy atom. The molecule has 1 amide bonds. The maximum atomic E-state index is 13.1. The third-order valence-electron chi connectivity index (χ3n) is 5.16. The highest BCUT2D eigenvalue weighted by atomic mass is 16.5. The molecule has 0 bridgehead atoms. The Morgan fingerprint density at radius 2 is 1.81 bits per heavy atom. The van der Waals surface area contributed by atoms with Gasteiger partial charge in [-0.3, -0.25) is 4.79 Å². The number of carbonyl (C=O) groups is 1. The molecule has 3 unspecified atom stereocenters. The third kappa shape index (κ3) is 3.74. The molecule has 3 heterocycles. The molecule has 3 atom stereocenters. The minimum atomic E-state index is -0.0374. The van der Waals surface area contributed by atoms with Gasteiger partial charge in [0.2, 0.25) is 5.91 Å². The van der Waals surface area contributed by atoms with E-state index in [1.165, 1.54) is 0 Å². The van der Waals surface area contributed by atoms with E-state index in [4.69, 9.17) is 4.74 Å². The van der Waals surface area contributed by atoms with Crippen molar-refractivity contribution in [3.63, 3.8) is 0 Å². The molecule has 1 fully saturated rings. The Balaban J connectivity index is 1.66. The molecule has 1 aliphatic rings. The summed E-state index contributed by atoms with van der Waals surface area (Å²) in [7, 11) is 0. The van der Waals surface area contributed by atoms with Crippen molar-refractivity contribution in [3.05, 3.63) is 72.2 Å². The maximum absolute atomic E-state index is 13.1. The number of carbonyl (C=O) groups excluding carboxylic acids is 1. The summed E-state index contributed by atoms with van der Waals surface area (Å²) in [6.45, 7) is 5.35. The van der Waals surface area contributed by atoms with E-state index >= 15 is 0 Å². The second-order valence-electron chi connectivity index (χ2n) is 7.34. The van der Waals surface area contributed by atoms with Gasteiger partial charge < -0.3 is 14.0 Å². The van der Waals surface area contributed by atoms with Crippen molar-refractivity contribution in [1.82, 2.24) is 14.3 Å². The van der Waals surface area contributed by atoms with Crippen LogP contribution in [0.4, 0.5) is 0 Å². The van der Waals surface area contributed by atoms with Gasteiger partial charge in [0.1, 0.15) is 5.65 Å². The summed E-state index contributed by atoms with van der Waals surface area (Å²) in [5.74, 6) is 0.126. The topological polar surface area (TPSA) is 46.8 Å². The van der Waals surface area contributed by atoms with Gasteiger partial charge in [-0.25, -0.2) is 4.98 Å². The molecule has 27 heavy (non-hydrogen) atoms. The first-order valence-electron chi connectivity index (χ1n) is 9.52. The Bertz CT molecular complexity index is 911. The van der Waals surface area contributed by atoms with E-state index < -0.39 is 0 Å². The number of rotatable bonds is 4. The van der Waals surface area contributed by atoms with E-state index in [2.05, 4.69) is 21.5 Å². The Labute approximate surface area is 159 Å². The van der Waals surface area contributed by atoms with Gasteiger partial charge in [0.15, 0.2) is 0 Å². The zero-order chi connectivity index (χ0) is 18.8. The number of hydrogen-bond acceptors (Lipinski definition) is 3. The lowest BCUT2D eigenvalue weighted by Gasteiger charge is -2.36. The average molecular weight is 363 g/mol. The number of imidazole rings is 1. The van der Waals surface area contributed by atoms with Crippen molar-refractivity contribution < 1.29 is 9.53 Å². The van der Waals surface area contributed by atoms with Crippen LogP contribution < -0.4 is 0 Å². The van der Waals surface area contributed by atoms with Crippen LogP contribution in [-0.2, 0) is 9.53 Å². The molecule has 2 aromatic heterocycles. The third-order valence-corrected chi connectivity index (χ3v) is 5.16. The number of hydrogen-bond donors (Lipinski definition) is 0. The zero-order valence-electron chi connectivity index (χ0n) is 15.8. The van der Waals surface area contributed by atoms with Gasteiger partial charge in [0.05, 0.1) is 17.9 Å². The van der Waals surface area contributed by atoms with Gasteiger partial charge in [0, 0.05) is 37.8 Å². The fourth-order valence-corrected chi connectivity index (χ4v) is 3.97. The highest BCUT2D eigenvalue weighted by Gasteiger charge is 2.29. The lowest BCUT2D eigenvalue weighted by Crippen LogP contribution is -2.48. The molecule has 0 aliphatic carbocycles. The van der Waals surface area contributed by atoms with E-state index in [-0.39, 0.29) is 24.0 Å². The van der Waals surface area contributed by atoms with E-state index in [9.17, 15) is 4.79 Å². The molecule has 5 nitrogen and oxygen atoms in total. The Morgan fingerprint density at radius 3 is 2.56 bits per heavy atom. The molecule has 3 aromatic rings. The standard InChI is InChI=1S/C22H25N3O2/c1-16-14-24(15-17(2)27-16)22(26)12-19(18-8-4-3-5-9-18)20-13-23-21-10-6-7-11-25(20)21/h3-11,13,16-17,19H,12,14-15H2,1-2H3. The second-order valence-corrected chi connectivity index (χ2v) is 7.34. The lowest BCUT2D eigenvalue weighted by molar-refractivity contribution is -0.143. The number of ether oxygens (including phenoxy) is 1. The molecule has 0 spiro atoms. The van der Waals surface area contributed by atoms with E-state index in [1.807, 2.05) is 67.5 Å². The van der Waals surface area contributed by atoms with Crippen LogP contribution in [-0.4, -0.2) is 45.5 Å². The van der Waals surface area contributed by atoms with E-state index in [1.54, 1.807) is 0 Å². The number of fused-ring (bicyclic) bond motifs is 1. The number of pyridine rings is 1. The smallest absolute Gasteiger partial charge is 0.223 e. The van der Waals surface area contributed by atoms with Gasteiger partial charge in [-0.1, -0.05) is 36.4 Å². The molecule has 0 radical (unpaired) electrons. The van der Waals surface area contributed by atoms with Crippen molar-refractivity contribution >= 4 is 11.6 Å². The number of nitrogens with zero attached hydrogens (tertiary/aromatic N) is 3. The summed E-state index contributed by atoms with van der Waals surface area (Å²) in [6.07, 6.45) is 4.47. The van der Waals surface area contributed by atoms with Crippen molar-refractivity contribution in [2.75, 3.05) is 13.1 Å². The van der Waals surface area contributed by atoms with Crippen LogP contribution in [0.2, 0.25) is 0 Å². The van der Waals surface area contributed by atoms with Crippen LogP contribution >= 0.6 is 0 Å². The minimum absolute atomic E-state index is 0.0374. The van der Waals surface area contributed by atoms with Crippen molar-refractivity contribution in [2.45, 2.75) is 38.4 Å². The number of benzene rings is 1. The molecule has 0 saturated carbocycles. The van der Waals surface area contributed by atoms with E-state index in [0.29, 0.717) is 19.5 Å². The van der Waals surface area contributed by atoms with Gasteiger partial charge in [-0.15, -0.1) is 0 Å². The number of aromatic nitrogens is 2. The SMILES string of the molecule is CC1CN(C(=O)CC(c2ccccc2)c2cnc3ccccn23)CC(C)O1. The maximum Gasteiger partial charge on any atom is 0.223 e. The van der Waals surface area contributed by atoms with Crippen LogP contribution in [0.15, 0.2) is 60.9 Å². The monoisotopic (exact) mass is 363 g/mol. The first-order chi connectivity index (χ1) is 13.1. The zero-order valence-corrected chi connectivity index (χ0v) is 15.8. The van der Waals surface area contributed by atoms with Crippen molar-refractivity contribution in [2.24, 2.45) is 0 Å². The largest absolute Gasteiger partial charge is 0.372 e.